The van der Waals surface area contributed by atoms with Gasteiger partial charge in [-0.05, 0) is 0 Å². The van der Waals surface area contributed by atoms with Crippen molar-refractivity contribution in [2.45, 2.75) is 0 Å². The first-order valence-electron chi connectivity index (χ1n) is 0.698. The standard InChI is InChI=1S/2Mg.H2O4S.H2O.4H/c;;1-5(2,3)4;;;;;/h;;(H2,1,2,3,4);1H2;;;;. The predicted molar refractivity (Wildman–Crippen MR) is 34.9 cm³/mol. The summed E-state index contributed by atoms with van der Waals surface area (Å²) in [5, 5.41) is 0. The van der Waals surface area contributed by atoms with Crippen molar-refractivity contribution < 1.29 is 23.0 Å². The largest absolute Gasteiger partial charge is 0.412 e. The molecule has 48 valence electrons. The maximum Gasteiger partial charge on any atom is 0.394 e. The van der Waals surface area contributed by atoms with E-state index in [9.17, 15) is 0 Å². The average Bonchev–Trinajstić information content (AvgIpc) is 0.722. The molecule has 0 heterocycles. The summed E-state index contributed by atoms with van der Waals surface area (Å²) < 4.78 is 31.6. The molecule has 0 aliphatic carbocycles. The molecule has 0 saturated heterocycles. The van der Waals surface area contributed by atoms with Crippen LogP contribution in [0.2, 0.25) is 0 Å². The summed E-state index contributed by atoms with van der Waals surface area (Å²) in [6, 6.07) is 0. The van der Waals surface area contributed by atoms with Gasteiger partial charge in [-0.25, -0.2) is 0 Å². The molecule has 5 nitrogen and oxygen atoms in total. The van der Waals surface area contributed by atoms with Gasteiger partial charge in [-0.15, -0.1) is 0 Å². The second-order valence-electron chi connectivity index (χ2n) is 0.448. The molecule has 0 aromatic heterocycles. The fourth-order valence-electron chi connectivity index (χ4n) is 0. The van der Waals surface area contributed by atoms with E-state index in [4.69, 9.17) is 17.5 Å². The lowest BCUT2D eigenvalue weighted by atomic mass is 15.8. The lowest BCUT2D eigenvalue weighted by Crippen LogP contribution is -1.89. The van der Waals surface area contributed by atoms with E-state index >= 15 is 0 Å². The molecule has 8 heteroatoms. The maximum absolute atomic E-state index is 8.74. The smallest absolute Gasteiger partial charge is 0.394 e. The van der Waals surface area contributed by atoms with Crippen LogP contribution < -0.4 is 0 Å². The third-order valence-electron chi connectivity index (χ3n) is 0. The highest BCUT2D eigenvalue weighted by atomic mass is 32.3. The normalized spacial score (nSPS) is 7.25. The summed E-state index contributed by atoms with van der Waals surface area (Å²) in [5.41, 5.74) is 0. The van der Waals surface area contributed by atoms with Crippen LogP contribution in [0.3, 0.4) is 0 Å². The molecular weight excluding hydrogens is 161 g/mol. The molecule has 0 unspecified atom stereocenters. The minimum absolute atomic E-state index is 0. The van der Waals surface area contributed by atoms with Crippen molar-refractivity contribution in [3.05, 3.63) is 0 Å². The van der Waals surface area contributed by atoms with E-state index in [2.05, 4.69) is 0 Å². The summed E-state index contributed by atoms with van der Waals surface area (Å²) in [7, 11) is -4.67. The van der Waals surface area contributed by atoms with E-state index in [-0.39, 0.29) is 51.6 Å². The van der Waals surface area contributed by atoms with Crippen molar-refractivity contribution in [2.75, 3.05) is 0 Å². The van der Waals surface area contributed by atoms with Gasteiger partial charge in [0.15, 0.2) is 0 Å². The fourth-order valence-corrected chi connectivity index (χ4v) is 0. The van der Waals surface area contributed by atoms with Crippen molar-refractivity contribution in [3.63, 3.8) is 0 Å². The van der Waals surface area contributed by atoms with E-state index in [1.165, 1.54) is 0 Å². The molecule has 0 aromatic rings. The van der Waals surface area contributed by atoms with Gasteiger partial charge < -0.3 is 5.48 Å². The molecule has 0 bridgehead atoms. The first-order chi connectivity index (χ1) is 2.00. The summed E-state index contributed by atoms with van der Waals surface area (Å²) >= 11 is 0. The summed E-state index contributed by atoms with van der Waals surface area (Å²) in [4.78, 5) is 0. The van der Waals surface area contributed by atoms with Crippen molar-refractivity contribution in [3.8, 4) is 0 Å². The van der Waals surface area contributed by atoms with Crippen LogP contribution in [0, 0.1) is 0 Å². The van der Waals surface area contributed by atoms with Crippen LogP contribution in [0.5, 0.6) is 0 Å². The highest BCUT2D eigenvalue weighted by Crippen LogP contribution is 1.59. The Bertz CT molecular complexity index is 93.6. The maximum atomic E-state index is 8.74. The van der Waals surface area contributed by atoms with Crippen molar-refractivity contribution in [1.29, 1.82) is 0 Å². The fraction of sp³-hybridized carbons (Fsp3) is 0. The van der Waals surface area contributed by atoms with Crippen LogP contribution in [0.15, 0.2) is 0 Å². The molecule has 0 amide bonds. The van der Waals surface area contributed by atoms with Gasteiger partial charge >= 0.3 is 56.5 Å². The van der Waals surface area contributed by atoms with Crippen LogP contribution in [-0.2, 0) is 10.4 Å². The van der Waals surface area contributed by atoms with Crippen LogP contribution in [0.25, 0.3) is 0 Å². The Kier molecular flexibility index (Phi) is 23.8. The molecule has 0 rings (SSSR count). The van der Waals surface area contributed by atoms with Crippen molar-refractivity contribution >= 4 is 56.5 Å². The van der Waals surface area contributed by atoms with Gasteiger partial charge in [-0.2, -0.15) is 8.42 Å². The van der Waals surface area contributed by atoms with Crippen LogP contribution >= 0.6 is 0 Å². The Morgan fingerprint density at radius 3 is 1.00 bits per heavy atom. The molecule has 0 aliphatic rings. The molecule has 0 aliphatic heterocycles. The minimum Gasteiger partial charge on any atom is -0.412 e. The third-order valence-corrected chi connectivity index (χ3v) is 0. The van der Waals surface area contributed by atoms with Gasteiger partial charge in [0.2, 0.25) is 0 Å². The van der Waals surface area contributed by atoms with Crippen LogP contribution in [0.1, 0.15) is 0 Å². The minimum atomic E-state index is -4.67. The monoisotopic (exact) mass is 168 g/mol. The van der Waals surface area contributed by atoms with E-state index in [1.54, 1.807) is 0 Å². The van der Waals surface area contributed by atoms with E-state index in [0.29, 0.717) is 0 Å². The Labute approximate surface area is 79.0 Å². The van der Waals surface area contributed by atoms with Gasteiger partial charge in [-0.1, -0.05) is 0 Å². The van der Waals surface area contributed by atoms with Gasteiger partial charge in [0.25, 0.3) is 0 Å². The molecule has 0 spiro atoms. The van der Waals surface area contributed by atoms with Crippen LogP contribution in [0.4, 0.5) is 0 Å². The molecule has 0 atom stereocenters. The van der Waals surface area contributed by atoms with Crippen molar-refractivity contribution in [2.24, 2.45) is 0 Å². The Balaban J connectivity index is -0.0000000267. The molecular formula is H8Mg2O5S. The number of rotatable bonds is 0. The highest BCUT2D eigenvalue weighted by Gasteiger charge is 1.84. The Morgan fingerprint density at radius 1 is 1.00 bits per heavy atom. The molecule has 4 N–H and O–H groups in total. The van der Waals surface area contributed by atoms with Gasteiger partial charge in [0, 0.05) is 0 Å². The van der Waals surface area contributed by atoms with E-state index in [1.807, 2.05) is 0 Å². The Morgan fingerprint density at radius 2 is 1.00 bits per heavy atom. The predicted octanol–water partition coefficient (Wildman–Crippen LogP) is -3.31. The second-order valence-corrected chi connectivity index (χ2v) is 1.34. The zero-order valence-corrected chi connectivity index (χ0v) is 3.44. The molecule has 0 radical (unpaired) electrons. The summed E-state index contributed by atoms with van der Waals surface area (Å²) in [6.45, 7) is 0. The van der Waals surface area contributed by atoms with Gasteiger partial charge in [-0.3, -0.25) is 9.11 Å². The lowest BCUT2D eigenvalue weighted by molar-refractivity contribution is 0.381. The summed E-state index contributed by atoms with van der Waals surface area (Å²) in [5.74, 6) is 0. The highest BCUT2D eigenvalue weighted by molar-refractivity contribution is 7.79. The zero-order valence-electron chi connectivity index (χ0n) is 2.62. The molecule has 0 fully saturated rings. The number of hydrogen-bond donors (Lipinski definition) is 2. The summed E-state index contributed by atoms with van der Waals surface area (Å²) in [6.07, 6.45) is 0. The number of hydrogen-bond acceptors (Lipinski definition) is 2. The lowest BCUT2D eigenvalue weighted by Gasteiger charge is -1.68. The van der Waals surface area contributed by atoms with Crippen LogP contribution in [-0.4, -0.2) is 69.1 Å². The van der Waals surface area contributed by atoms with E-state index in [0.717, 1.165) is 0 Å². The second kappa shape index (κ2) is 8.36. The average molecular weight is 169 g/mol. The topological polar surface area (TPSA) is 106 Å². The van der Waals surface area contributed by atoms with Crippen molar-refractivity contribution in [1.82, 2.24) is 0 Å². The Hall–Kier alpha value is 1.36. The van der Waals surface area contributed by atoms with E-state index < -0.39 is 10.4 Å². The molecule has 8 heavy (non-hydrogen) atoms. The molecule has 0 saturated carbocycles. The first kappa shape index (κ1) is 22.8. The third kappa shape index (κ3) is 161. The SMILES string of the molecule is O.O=S(=O)(O)O.[MgH2].[MgH2]. The van der Waals surface area contributed by atoms with Gasteiger partial charge in [0.1, 0.15) is 0 Å². The van der Waals surface area contributed by atoms with Gasteiger partial charge in [0.05, 0.1) is 0 Å². The zero-order chi connectivity index (χ0) is 4.50. The first-order valence-corrected chi connectivity index (χ1v) is 2.10. The quantitative estimate of drug-likeness (QED) is 0.292. The molecule has 0 aromatic carbocycles.